The highest BCUT2D eigenvalue weighted by Crippen LogP contribution is 2.36. The fraction of sp³-hybridized carbons (Fsp3) is 0.182. The van der Waals surface area contributed by atoms with Gasteiger partial charge in [0.05, 0.1) is 8.95 Å². The molecule has 17 heavy (non-hydrogen) atoms. The number of nitrogens with two attached hydrogens (primary N) is 1. The number of halogens is 2. The molecule has 6 heteroatoms. The Morgan fingerprint density at radius 2 is 2.00 bits per heavy atom. The molecule has 2 aromatic rings. The van der Waals surface area contributed by atoms with Crippen LogP contribution in [0.25, 0.3) is 0 Å². The fourth-order valence-corrected chi connectivity index (χ4v) is 3.45. The maximum Gasteiger partial charge on any atom is 0.148 e. The van der Waals surface area contributed by atoms with Crippen molar-refractivity contribution in [3.63, 3.8) is 0 Å². The van der Waals surface area contributed by atoms with Gasteiger partial charge in [0.15, 0.2) is 0 Å². The topological polar surface area (TPSA) is 48.1 Å². The third-order valence-corrected chi connectivity index (χ3v) is 4.15. The quantitative estimate of drug-likeness (QED) is 0.817. The maximum absolute atomic E-state index is 5.72. The molecule has 1 aromatic carbocycles. The van der Waals surface area contributed by atoms with Crippen molar-refractivity contribution in [2.75, 3.05) is 5.73 Å². The van der Waals surface area contributed by atoms with Crippen molar-refractivity contribution in [2.45, 2.75) is 13.5 Å². The van der Waals surface area contributed by atoms with Crippen LogP contribution in [0.15, 0.2) is 26.5 Å². The highest BCUT2D eigenvalue weighted by atomic mass is 79.9. The number of hydrogen-bond donors (Lipinski definition) is 1. The molecule has 0 fully saturated rings. The normalized spacial score (nSPS) is 10.5. The summed E-state index contributed by atoms with van der Waals surface area (Å²) in [4.78, 5) is 4.34. The van der Waals surface area contributed by atoms with E-state index in [-0.39, 0.29) is 0 Å². The van der Waals surface area contributed by atoms with Crippen molar-refractivity contribution < 1.29 is 4.74 Å². The lowest BCUT2D eigenvalue weighted by Gasteiger charge is -2.09. The third-order valence-electron chi connectivity index (χ3n) is 2.03. The highest BCUT2D eigenvalue weighted by Gasteiger charge is 2.09. The monoisotopic (exact) mass is 376 g/mol. The summed E-state index contributed by atoms with van der Waals surface area (Å²) in [6, 6.07) is 3.63. The van der Waals surface area contributed by atoms with Crippen LogP contribution in [0.2, 0.25) is 0 Å². The van der Waals surface area contributed by atoms with E-state index < -0.39 is 0 Å². The number of rotatable bonds is 3. The second-order valence-corrected chi connectivity index (χ2v) is 6.14. The number of nitrogen functional groups attached to an aromatic ring is 1. The molecule has 1 aromatic heterocycles. The molecule has 0 aliphatic carbocycles. The first-order valence-corrected chi connectivity index (χ1v) is 7.31. The summed E-state index contributed by atoms with van der Waals surface area (Å²) >= 11 is 8.44. The van der Waals surface area contributed by atoms with Crippen LogP contribution in [-0.2, 0) is 6.61 Å². The van der Waals surface area contributed by atoms with E-state index in [4.69, 9.17) is 10.5 Å². The van der Waals surface area contributed by atoms with Gasteiger partial charge in [-0.25, -0.2) is 4.98 Å². The van der Waals surface area contributed by atoms with Gasteiger partial charge in [-0.05, 0) is 50.9 Å². The van der Waals surface area contributed by atoms with E-state index in [9.17, 15) is 0 Å². The van der Waals surface area contributed by atoms with Gasteiger partial charge in [0.25, 0.3) is 0 Å². The van der Waals surface area contributed by atoms with E-state index in [2.05, 4.69) is 36.8 Å². The minimum absolute atomic E-state index is 0.458. The summed E-state index contributed by atoms with van der Waals surface area (Å²) in [6.07, 6.45) is 0. The molecule has 2 rings (SSSR count). The highest BCUT2D eigenvalue weighted by molar-refractivity contribution is 9.11. The SMILES string of the molecule is Cc1csc(COc2c(Br)cc(N)cc2Br)n1. The van der Waals surface area contributed by atoms with E-state index in [1.54, 1.807) is 11.3 Å². The molecule has 1 heterocycles. The summed E-state index contributed by atoms with van der Waals surface area (Å²) in [6.45, 7) is 2.43. The Balaban J connectivity index is 2.14. The lowest BCUT2D eigenvalue weighted by molar-refractivity contribution is 0.301. The van der Waals surface area contributed by atoms with Crippen LogP contribution in [0.1, 0.15) is 10.7 Å². The largest absolute Gasteiger partial charge is 0.484 e. The molecular formula is C11H10Br2N2OS. The predicted molar refractivity (Wildman–Crippen MR) is 77.4 cm³/mol. The minimum Gasteiger partial charge on any atom is -0.484 e. The second kappa shape index (κ2) is 5.37. The van der Waals surface area contributed by atoms with Gasteiger partial charge < -0.3 is 10.5 Å². The van der Waals surface area contributed by atoms with Crippen LogP contribution < -0.4 is 10.5 Å². The summed E-state index contributed by atoms with van der Waals surface area (Å²) < 4.78 is 7.38. The second-order valence-electron chi connectivity index (χ2n) is 3.48. The number of benzene rings is 1. The van der Waals surface area contributed by atoms with Gasteiger partial charge in [0, 0.05) is 16.8 Å². The van der Waals surface area contributed by atoms with Crippen molar-refractivity contribution in [3.8, 4) is 5.75 Å². The van der Waals surface area contributed by atoms with Gasteiger partial charge in [-0.15, -0.1) is 11.3 Å². The standard InChI is InChI=1S/C11H10Br2N2OS/c1-6-5-17-10(15-6)4-16-11-8(12)2-7(14)3-9(11)13/h2-3,5H,4,14H2,1H3. The molecule has 3 nitrogen and oxygen atoms in total. The summed E-state index contributed by atoms with van der Waals surface area (Å²) in [5, 5.41) is 2.96. The molecular weight excluding hydrogens is 368 g/mol. The lowest BCUT2D eigenvalue weighted by atomic mass is 10.3. The number of thiazole rings is 1. The van der Waals surface area contributed by atoms with E-state index in [0.29, 0.717) is 12.3 Å². The van der Waals surface area contributed by atoms with Gasteiger partial charge in [-0.3, -0.25) is 0 Å². The molecule has 0 aliphatic heterocycles. The predicted octanol–water partition coefficient (Wildman–Crippen LogP) is 4.14. The number of nitrogens with zero attached hydrogens (tertiary/aromatic N) is 1. The average molecular weight is 378 g/mol. The van der Waals surface area contributed by atoms with Crippen LogP contribution in [0, 0.1) is 6.92 Å². The number of anilines is 1. The lowest BCUT2D eigenvalue weighted by Crippen LogP contribution is -1.97. The number of aromatic nitrogens is 1. The zero-order valence-electron chi connectivity index (χ0n) is 9.04. The Kier molecular flexibility index (Phi) is 4.06. The molecule has 0 unspecified atom stereocenters. The van der Waals surface area contributed by atoms with Gasteiger partial charge in [-0.2, -0.15) is 0 Å². The van der Waals surface area contributed by atoms with Crippen LogP contribution in [-0.4, -0.2) is 4.98 Å². The smallest absolute Gasteiger partial charge is 0.148 e. The van der Waals surface area contributed by atoms with Crippen LogP contribution in [0.3, 0.4) is 0 Å². The first-order valence-electron chi connectivity index (χ1n) is 4.84. The first kappa shape index (κ1) is 12.9. The first-order chi connectivity index (χ1) is 8.06. The van der Waals surface area contributed by atoms with Crippen molar-refractivity contribution in [1.82, 2.24) is 4.98 Å². The van der Waals surface area contributed by atoms with Crippen molar-refractivity contribution in [3.05, 3.63) is 37.2 Å². The molecule has 0 bridgehead atoms. The molecule has 2 N–H and O–H groups in total. The Hall–Kier alpha value is -0.590. The maximum atomic E-state index is 5.72. The number of aryl methyl sites for hydroxylation is 1. The van der Waals surface area contributed by atoms with E-state index in [1.165, 1.54) is 0 Å². The molecule has 0 radical (unpaired) electrons. The summed E-state index contributed by atoms with van der Waals surface area (Å²) in [7, 11) is 0. The molecule has 90 valence electrons. The molecule has 0 saturated heterocycles. The summed E-state index contributed by atoms with van der Waals surface area (Å²) in [5.41, 5.74) is 7.41. The zero-order chi connectivity index (χ0) is 12.4. The minimum atomic E-state index is 0.458. The van der Waals surface area contributed by atoms with Crippen molar-refractivity contribution >= 4 is 48.9 Å². The fourth-order valence-electron chi connectivity index (χ4n) is 1.32. The molecule has 0 atom stereocenters. The van der Waals surface area contributed by atoms with E-state index in [1.807, 2.05) is 24.4 Å². The Morgan fingerprint density at radius 3 is 2.53 bits per heavy atom. The number of hydrogen-bond acceptors (Lipinski definition) is 4. The van der Waals surface area contributed by atoms with Gasteiger partial charge in [0.2, 0.25) is 0 Å². The molecule has 0 aliphatic rings. The average Bonchev–Trinajstić information content (AvgIpc) is 2.62. The van der Waals surface area contributed by atoms with Gasteiger partial charge in [-0.1, -0.05) is 0 Å². The van der Waals surface area contributed by atoms with Crippen LogP contribution >= 0.6 is 43.2 Å². The Bertz CT molecular complexity index is 519. The number of ether oxygens (including phenoxy) is 1. The van der Waals surface area contributed by atoms with Gasteiger partial charge in [0.1, 0.15) is 17.4 Å². The zero-order valence-corrected chi connectivity index (χ0v) is 13.0. The Labute approximate surface area is 120 Å². The van der Waals surface area contributed by atoms with Crippen LogP contribution in [0.4, 0.5) is 5.69 Å². The van der Waals surface area contributed by atoms with E-state index >= 15 is 0 Å². The molecule has 0 amide bonds. The van der Waals surface area contributed by atoms with E-state index in [0.717, 1.165) is 25.4 Å². The Morgan fingerprint density at radius 1 is 1.35 bits per heavy atom. The molecule has 0 saturated carbocycles. The third kappa shape index (κ3) is 3.20. The van der Waals surface area contributed by atoms with Crippen LogP contribution in [0.5, 0.6) is 5.75 Å². The summed E-state index contributed by atoms with van der Waals surface area (Å²) in [5.74, 6) is 0.743. The van der Waals surface area contributed by atoms with Gasteiger partial charge >= 0.3 is 0 Å². The van der Waals surface area contributed by atoms with Crippen molar-refractivity contribution in [2.24, 2.45) is 0 Å². The van der Waals surface area contributed by atoms with Crippen molar-refractivity contribution in [1.29, 1.82) is 0 Å². The molecule has 0 spiro atoms.